The van der Waals surface area contributed by atoms with E-state index in [2.05, 4.69) is 61.6 Å². The summed E-state index contributed by atoms with van der Waals surface area (Å²) in [6, 6.07) is 39.0. The van der Waals surface area contributed by atoms with Gasteiger partial charge in [0.25, 0.3) is 5.91 Å². The van der Waals surface area contributed by atoms with Gasteiger partial charge in [-0.25, -0.2) is 9.71 Å². The van der Waals surface area contributed by atoms with Crippen LogP contribution >= 0.6 is 11.9 Å². The molecule has 0 spiro atoms. The standard InChI is InChI=1S/C51H54N8O6S/c1-34-28-40(65-27-13-20-45(60)53-24-23-52)29-35(2)47(34)66-57-43(49(63)64)32-55-48(62)42-33-58(3)44-30-36(21-22-41(44)46(42)61)31-56-50-54-25-26-59(50)51(37-14-7-4-8-15-37,38-16-9-5-10-17-38)39-18-11-6-12-19-39/h4-12,14-19,21-22,25-26,28-30,33,43,57H,13,20,23-24,27,31-32,52H2,1-3H3,(H,53,60)(H,54,56)(H,55,62)(H,63,64)/t43-/m0/s1. The highest BCUT2D eigenvalue weighted by Crippen LogP contribution is 2.42. The maximum Gasteiger partial charge on any atom is 0.323 e. The number of aromatic nitrogens is 3. The van der Waals surface area contributed by atoms with Crippen LogP contribution in [0.2, 0.25) is 0 Å². The first-order valence-corrected chi connectivity index (χ1v) is 22.5. The topological polar surface area (TPSA) is 195 Å². The lowest BCUT2D eigenvalue weighted by Crippen LogP contribution is -2.44. The number of carbonyl (C=O) groups is 3. The number of ether oxygens (including phenoxy) is 1. The minimum atomic E-state index is -1.17. The average Bonchev–Trinajstić information content (AvgIpc) is 3.80. The van der Waals surface area contributed by atoms with Gasteiger partial charge in [-0.1, -0.05) is 97.1 Å². The zero-order valence-corrected chi connectivity index (χ0v) is 37.9. The summed E-state index contributed by atoms with van der Waals surface area (Å²) in [6.45, 7) is 5.06. The number of carboxylic acid groups (broad SMARTS) is 1. The molecule has 0 bridgehead atoms. The first-order valence-electron chi connectivity index (χ1n) is 21.7. The lowest BCUT2D eigenvalue weighted by Gasteiger charge is -2.38. The van der Waals surface area contributed by atoms with Crippen LogP contribution in [0.25, 0.3) is 10.9 Å². The minimum Gasteiger partial charge on any atom is -0.494 e. The summed E-state index contributed by atoms with van der Waals surface area (Å²) in [5.74, 6) is -0.650. The molecule has 2 amide bonds. The molecule has 15 heteroatoms. The van der Waals surface area contributed by atoms with E-state index in [1.54, 1.807) is 23.9 Å². The number of pyridine rings is 1. The number of anilines is 1. The van der Waals surface area contributed by atoms with Crippen molar-refractivity contribution >= 4 is 46.6 Å². The number of carboxylic acids is 1. The van der Waals surface area contributed by atoms with Gasteiger partial charge in [0.1, 0.15) is 22.9 Å². The van der Waals surface area contributed by atoms with Crippen LogP contribution in [-0.2, 0) is 28.7 Å². The Labute approximate surface area is 387 Å². The van der Waals surface area contributed by atoms with Crippen LogP contribution in [0.3, 0.4) is 0 Å². The molecule has 0 aliphatic carbocycles. The normalized spacial score (nSPS) is 11.8. The number of carbonyl (C=O) groups excluding carboxylic acids is 2. The summed E-state index contributed by atoms with van der Waals surface area (Å²) in [4.78, 5) is 57.1. The third-order valence-corrected chi connectivity index (χ3v) is 12.6. The monoisotopic (exact) mass is 906 g/mol. The molecule has 14 nitrogen and oxygen atoms in total. The van der Waals surface area contributed by atoms with Crippen LogP contribution in [0.15, 0.2) is 150 Å². The van der Waals surface area contributed by atoms with Gasteiger partial charge in [0.15, 0.2) is 0 Å². The predicted molar refractivity (Wildman–Crippen MR) is 259 cm³/mol. The highest BCUT2D eigenvalue weighted by Gasteiger charge is 2.39. The quantitative estimate of drug-likeness (QED) is 0.0261. The Morgan fingerprint density at radius 2 is 1.48 bits per heavy atom. The van der Waals surface area contributed by atoms with E-state index >= 15 is 0 Å². The number of nitrogens with zero attached hydrogens (tertiary/aromatic N) is 3. The van der Waals surface area contributed by atoms with Crippen LogP contribution in [0.4, 0.5) is 5.95 Å². The predicted octanol–water partition coefficient (Wildman–Crippen LogP) is 6.52. The number of aliphatic carboxylic acids is 1. The van der Waals surface area contributed by atoms with Crippen molar-refractivity contribution in [2.45, 2.75) is 49.7 Å². The van der Waals surface area contributed by atoms with Crippen LogP contribution in [0.1, 0.15) is 56.6 Å². The molecular formula is C51H54N8O6S. The van der Waals surface area contributed by atoms with Crippen LogP contribution < -0.4 is 36.6 Å². The number of nitrogens with one attached hydrogen (secondary N) is 4. The van der Waals surface area contributed by atoms with E-state index < -0.39 is 28.9 Å². The van der Waals surface area contributed by atoms with Crippen LogP contribution in [0.5, 0.6) is 5.75 Å². The Balaban J connectivity index is 1.02. The summed E-state index contributed by atoms with van der Waals surface area (Å²) in [7, 11) is 1.76. The first kappa shape index (κ1) is 46.8. The fourth-order valence-electron chi connectivity index (χ4n) is 8.12. The second-order valence-corrected chi connectivity index (χ2v) is 16.8. The summed E-state index contributed by atoms with van der Waals surface area (Å²) < 4.78 is 12.7. The molecule has 5 aromatic carbocycles. The summed E-state index contributed by atoms with van der Waals surface area (Å²) in [5, 5.41) is 19.3. The van der Waals surface area contributed by atoms with Crippen LogP contribution in [-0.4, -0.2) is 69.3 Å². The van der Waals surface area contributed by atoms with Crippen molar-refractivity contribution in [3.63, 3.8) is 0 Å². The molecule has 0 aliphatic heterocycles. The Kier molecular flexibility index (Phi) is 15.3. The molecule has 0 saturated carbocycles. The molecular weight excluding hydrogens is 853 g/mol. The van der Waals surface area contributed by atoms with Crippen LogP contribution in [0, 0.1) is 13.8 Å². The molecule has 66 heavy (non-hydrogen) atoms. The second kappa shape index (κ2) is 21.7. The van der Waals surface area contributed by atoms with E-state index in [0.717, 1.165) is 50.2 Å². The number of amides is 2. The lowest BCUT2D eigenvalue weighted by atomic mass is 9.76. The third-order valence-electron chi connectivity index (χ3n) is 11.3. The number of imidazole rings is 1. The Hall–Kier alpha value is -7.20. The van der Waals surface area contributed by atoms with E-state index in [0.29, 0.717) is 61.7 Å². The van der Waals surface area contributed by atoms with Gasteiger partial charge in [-0.15, -0.1) is 0 Å². The first-order chi connectivity index (χ1) is 32.0. The van der Waals surface area contributed by atoms with Crippen molar-refractivity contribution in [1.82, 2.24) is 29.5 Å². The van der Waals surface area contributed by atoms with E-state index in [9.17, 15) is 24.3 Å². The maximum absolute atomic E-state index is 13.8. The largest absolute Gasteiger partial charge is 0.494 e. The number of hydrogen-bond acceptors (Lipinski definition) is 10. The van der Waals surface area contributed by atoms with Crippen molar-refractivity contribution < 1.29 is 24.2 Å². The molecule has 7 N–H and O–H groups in total. The van der Waals surface area contributed by atoms with Crippen molar-refractivity contribution in [3.05, 3.63) is 189 Å². The number of aryl methyl sites for hydroxylation is 3. The zero-order valence-electron chi connectivity index (χ0n) is 37.1. The van der Waals surface area contributed by atoms with Gasteiger partial charge >= 0.3 is 5.97 Å². The third kappa shape index (κ3) is 10.5. The average molecular weight is 907 g/mol. The van der Waals surface area contributed by atoms with Crippen molar-refractivity contribution in [2.24, 2.45) is 12.8 Å². The number of hydrogen-bond donors (Lipinski definition) is 6. The van der Waals surface area contributed by atoms with Gasteiger partial charge in [-0.05, 0) is 89.9 Å². The van der Waals surface area contributed by atoms with Gasteiger partial charge in [0, 0.05) is 68.5 Å². The van der Waals surface area contributed by atoms with Crippen molar-refractivity contribution in [1.29, 1.82) is 0 Å². The fourth-order valence-corrected chi connectivity index (χ4v) is 9.00. The Bertz CT molecular complexity index is 2730. The SMILES string of the molecule is Cc1cc(OCCCC(=O)NCCN)cc(C)c1SN[C@@H](CNC(=O)c1cn(C)c2cc(CNc3nccn3C(c3ccccc3)(c3ccccc3)c3ccccc3)ccc2c1=O)C(=O)O. The number of benzene rings is 5. The highest BCUT2D eigenvalue weighted by atomic mass is 32.2. The highest BCUT2D eigenvalue weighted by molar-refractivity contribution is 7.97. The van der Waals surface area contributed by atoms with E-state index in [1.165, 1.54) is 6.20 Å². The molecule has 2 aromatic heterocycles. The number of fused-ring (bicyclic) bond motifs is 1. The van der Waals surface area contributed by atoms with Gasteiger partial charge in [-0.2, -0.15) is 0 Å². The van der Waals surface area contributed by atoms with E-state index in [1.807, 2.05) is 98.9 Å². The molecule has 0 unspecified atom stereocenters. The van der Waals surface area contributed by atoms with Gasteiger partial charge in [0.05, 0.1) is 12.1 Å². The lowest BCUT2D eigenvalue weighted by molar-refractivity contribution is -0.138. The maximum atomic E-state index is 13.8. The fraction of sp³-hybridized carbons (Fsp3) is 0.235. The molecule has 1 atom stereocenters. The zero-order chi connectivity index (χ0) is 46.6. The Morgan fingerprint density at radius 3 is 2.08 bits per heavy atom. The van der Waals surface area contributed by atoms with Gasteiger partial charge in [0.2, 0.25) is 17.3 Å². The molecule has 0 aliphatic rings. The van der Waals surface area contributed by atoms with Gasteiger partial charge in [-0.3, -0.25) is 23.7 Å². The molecule has 7 rings (SSSR count). The van der Waals surface area contributed by atoms with Crippen molar-refractivity contribution in [3.8, 4) is 5.75 Å². The van der Waals surface area contributed by atoms with E-state index in [4.69, 9.17) is 15.5 Å². The summed E-state index contributed by atoms with van der Waals surface area (Å²) in [5.41, 5.74) is 10.5. The second-order valence-electron chi connectivity index (χ2n) is 15.9. The summed E-state index contributed by atoms with van der Waals surface area (Å²) in [6.07, 6.45) is 6.11. The van der Waals surface area contributed by atoms with Crippen molar-refractivity contribution in [2.75, 3.05) is 31.6 Å². The van der Waals surface area contributed by atoms with Gasteiger partial charge < -0.3 is 36.1 Å². The molecule has 0 radical (unpaired) electrons. The van der Waals surface area contributed by atoms with E-state index in [-0.39, 0.29) is 18.0 Å². The number of nitrogens with two attached hydrogens (primary N) is 1. The minimum absolute atomic E-state index is 0.0761. The smallest absolute Gasteiger partial charge is 0.323 e. The molecule has 340 valence electrons. The summed E-state index contributed by atoms with van der Waals surface area (Å²) >= 11 is 1.14. The number of rotatable bonds is 21. The molecule has 0 fully saturated rings. The molecule has 2 heterocycles. The molecule has 0 saturated heterocycles. The molecule has 7 aromatic rings. The Morgan fingerprint density at radius 1 is 0.864 bits per heavy atom.